The highest BCUT2D eigenvalue weighted by atomic mass is 35.5. The fraction of sp³-hybridized carbons (Fsp3) is 0.312. The van der Waals surface area contributed by atoms with Crippen LogP contribution in [0.4, 0.5) is 0 Å². The van der Waals surface area contributed by atoms with E-state index in [1.807, 2.05) is 28.8 Å². The maximum Gasteiger partial charge on any atom is 0.268 e. The molecule has 0 unspecified atom stereocenters. The Balaban J connectivity index is 2.00. The average Bonchev–Trinajstić information content (AvgIpc) is 2.86. The van der Waals surface area contributed by atoms with Crippen LogP contribution in [0, 0.1) is 0 Å². The molecule has 0 aliphatic carbocycles. The number of nitrogens with zero attached hydrogens (tertiary/aromatic N) is 1. The van der Waals surface area contributed by atoms with Gasteiger partial charge in [-0.25, -0.2) is 0 Å². The van der Waals surface area contributed by atoms with Crippen LogP contribution in [0.15, 0.2) is 36.5 Å². The zero-order valence-corrected chi connectivity index (χ0v) is 12.9. The summed E-state index contributed by atoms with van der Waals surface area (Å²) in [6.07, 6.45) is 2.74. The SMILES string of the molecule is CCCn1cc(Cl)cc1C(=O)NCc1ccc(CN)cc1. The number of hydrogen-bond donors (Lipinski definition) is 2. The van der Waals surface area contributed by atoms with Crippen molar-refractivity contribution in [2.24, 2.45) is 5.73 Å². The zero-order valence-electron chi connectivity index (χ0n) is 12.1. The Morgan fingerprint density at radius 3 is 2.57 bits per heavy atom. The number of nitrogens with one attached hydrogen (secondary N) is 1. The van der Waals surface area contributed by atoms with E-state index in [4.69, 9.17) is 17.3 Å². The van der Waals surface area contributed by atoms with Crippen molar-refractivity contribution in [1.82, 2.24) is 9.88 Å². The first-order valence-corrected chi connectivity index (χ1v) is 7.43. The van der Waals surface area contributed by atoms with Gasteiger partial charge in [-0.05, 0) is 23.6 Å². The van der Waals surface area contributed by atoms with Crippen LogP contribution in [0.1, 0.15) is 35.0 Å². The van der Waals surface area contributed by atoms with Crippen LogP contribution < -0.4 is 11.1 Å². The van der Waals surface area contributed by atoms with Crippen molar-refractivity contribution < 1.29 is 4.79 Å². The van der Waals surface area contributed by atoms with E-state index in [2.05, 4.69) is 12.2 Å². The van der Waals surface area contributed by atoms with Gasteiger partial charge in [0.05, 0.1) is 5.02 Å². The van der Waals surface area contributed by atoms with Gasteiger partial charge in [-0.2, -0.15) is 0 Å². The number of hydrogen-bond acceptors (Lipinski definition) is 2. The molecular formula is C16H20ClN3O. The number of aromatic nitrogens is 1. The van der Waals surface area contributed by atoms with Crippen LogP contribution in [-0.2, 0) is 19.6 Å². The van der Waals surface area contributed by atoms with E-state index in [-0.39, 0.29) is 5.91 Å². The minimum atomic E-state index is -0.113. The molecular weight excluding hydrogens is 286 g/mol. The molecule has 0 saturated heterocycles. The molecule has 0 fully saturated rings. The maximum atomic E-state index is 12.2. The molecule has 0 spiro atoms. The molecule has 1 amide bonds. The predicted molar refractivity (Wildman–Crippen MR) is 85.2 cm³/mol. The van der Waals surface area contributed by atoms with Crippen molar-refractivity contribution >= 4 is 17.5 Å². The lowest BCUT2D eigenvalue weighted by Gasteiger charge is -2.09. The lowest BCUT2D eigenvalue weighted by Crippen LogP contribution is -2.25. The summed E-state index contributed by atoms with van der Waals surface area (Å²) >= 11 is 5.98. The number of nitrogens with two attached hydrogens (primary N) is 1. The van der Waals surface area contributed by atoms with Crippen LogP contribution in [0.5, 0.6) is 0 Å². The van der Waals surface area contributed by atoms with Crippen LogP contribution in [-0.4, -0.2) is 10.5 Å². The molecule has 0 atom stereocenters. The Kier molecular flexibility index (Phi) is 5.42. The Morgan fingerprint density at radius 2 is 1.95 bits per heavy atom. The van der Waals surface area contributed by atoms with Crippen molar-refractivity contribution in [3.63, 3.8) is 0 Å². The molecule has 21 heavy (non-hydrogen) atoms. The summed E-state index contributed by atoms with van der Waals surface area (Å²) in [7, 11) is 0. The molecule has 4 nitrogen and oxygen atoms in total. The maximum absolute atomic E-state index is 12.2. The van der Waals surface area contributed by atoms with Gasteiger partial charge in [-0.1, -0.05) is 42.8 Å². The summed E-state index contributed by atoms with van der Waals surface area (Å²) in [5.74, 6) is -0.113. The summed E-state index contributed by atoms with van der Waals surface area (Å²) in [6, 6.07) is 9.58. The highest BCUT2D eigenvalue weighted by molar-refractivity contribution is 6.31. The van der Waals surface area contributed by atoms with Crippen LogP contribution >= 0.6 is 11.6 Å². The molecule has 0 bridgehead atoms. The molecule has 1 aromatic carbocycles. The Morgan fingerprint density at radius 1 is 1.29 bits per heavy atom. The zero-order chi connectivity index (χ0) is 15.2. The second-order valence-electron chi connectivity index (χ2n) is 4.94. The van der Waals surface area contributed by atoms with Gasteiger partial charge in [-0.15, -0.1) is 0 Å². The van der Waals surface area contributed by atoms with E-state index >= 15 is 0 Å². The van der Waals surface area contributed by atoms with Crippen LogP contribution in [0.2, 0.25) is 5.02 Å². The van der Waals surface area contributed by atoms with Gasteiger partial charge in [0.1, 0.15) is 5.69 Å². The fourth-order valence-electron chi connectivity index (χ4n) is 2.16. The van der Waals surface area contributed by atoms with E-state index in [0.29, 0.717) is 23.8 Å². The third-order valence-corrected chi connectivity index (χ3v) is 3.48. The second kappa shape index (κ2) is 7.29. The molecule has 0 aliphatic heterocycles. The second-order valence-corrected chi connectivity index (χ2v) is 5.38. The number of rotatable bonds is 6. The minimum absolute atomic E-state index is 0.113. The molecule has 1 heterocycles. The van der Waals surface area contributed by atoms with Crippen LogP contribution in [0.3, 0.4) is 0 Å². The van der Waals surface area contributed by atoms with E-state index in [0.717, 1.165) is 24.1 Å². The molecule has 2 aromatic rings. The third-order valence-electron chi connectivity index (χ3n) is 3.27. The van der Waals surface area contributed by atoms with E-state index < -0.39 is 0 Å². The average molecular weight is 306 g/mol. The lowest BCUT2D eigenvalue weighted by molar-refractivity contribution is 0.0941. The molecule has 5 heteroatoms. The molecule has 1 aromatic heterocycles. The smallest absolute Gasteiger partial charge is 0.268 e. The number of aryl methyl sites for hydroxylation is 1. The lowest BCUT2D eigenvalue weighted by atomic mass is 10.1. The summed E-state index contributed by atoms with van der Waals surface area (Å²) in [5.41, 5.74) is 8.28. The molecule has 0 aliphatic rings. The third kappa shape index (κ3) is 4.09. The van der Waals surface area contributed by atoms with Gasteiger partial charge < -0.3 is 15.6 Å². The number of halogens is 1. The molecule has 0 radical (unpaired) electrons. The Hall–Kier alpha value is -1.78. The minimum Gasteiger partial charge on any atom is -0.347 e. The number of carbonyl (C=O) groups excluding carboxylic acids is 1. The van der Waals surface area contributed by atoms with Gasteiger partial charge in [0.2, 0.25) is 0 Å². The normalized spacial score (nSPS) is 10.6. The van der Waals surface area contributed by atoms with Crippen molar-refractivity contribution in [3.8, 4) is 0 Å². The topological polar surface area (TPSA) is 60.0 Å². The Bertz CT molecular complexity index is 604. The van der Waals surface area contributed by atoms with Gasteiger partial charge in [0.25, 0.3) is 5.91 Å². The molecule has 0 saturated carbocycles. The fourth-order valence-corrected chi connectivity index (χ4v) is 2.38. The summed E-state index contributed by atoms with van der Waals surface area (Å²) in [4.78, 5) is 12.2. The quantitative estimate of drug-likeness (QED) is 0.862. The van der Waals surface area contributed by atoms with Crippen molar-refractivity contribution in [2.45, 2.75) is 33.0 Å². The summed E-state index contributed by atoms with van der Waals surface area (Å²) in [6.45, 7) is 3.85. The first-order chi connectivity index (χ1) is 10.1. The van der Waals surface area contributed by atoms with Crippen molar-refractivity contribution in [2.75, 3.05) is 0 Å². The summed E-state index contributed by atoms with van der Waals surface area (Å²) in [5, 5.41) is 3.50. The largest absolute Gasteiger partial charge is 0.347 e. The van der Waals surface area contributed by atoms with Crippen molar-refractivity contribution in [1.29, 1.82) is 0 Å². The highest BCUT2D eigenvalue weighted by Crippen LogP contribution is 2.15. The van der Waals surface area contributed by atoms with Crippen LogP contribution in [0.25, 0.3) is 0 Å². The number of benzene rings is 1. The first kappa shape index (κ1) is 15.6. The van der Waals surface area contributed by atoms with Gasteiger partial charge in [0, 0.05) is 25.8 Å². The van der Waals surface area contributed by atoms with Gasteiger partial charge in [0.15, 0.2) is 0 Å². The Labute approximate surface area is 129 Å². The van der Waals surface area contributed by atoms with E-state index in [9.17, 15) is 4.79 Å². The standard InChI is InChI=1S/C16H20ClN3O/c1-2-7-20-11-14(17)8-15(20)16(21)19-10-13-5-3-12(9-18)4-6-13/h3-6,8,11H,2,7,9-10,18H2,1H3,(H,19,21). The summed E-state index contributed by atoms with van der Waals surface area (Å²) < 4.78 is 1.88. The number of carbonyl (C=O) groups is 1. The number of amides is 1. The van der Waals surface area contributed by atoms with Gasteiger partial charge >= 0.3 is 0 Å². The van der Waals surface area contributed by atoms with E-state index in [1.54, 1.807) is 12.3 Å². The predicted octanol–water partition coefficient (Wildman–Crippen LogP) is 2.94. The molecule has 3 N–H and O–H groups in total. The van der Waals surface area contributed by atoms with E-state index in [1.165, 1.54) is 0 Å². The first-order valence-electron chi connectivity index (χ1n) is 7.05. The highest BCUT2D eigenvalue weighted by Gasteiger charge is 2.12. The molecule has 112 valence electrons. The molecule has 2 rings (SSSR count). The van der Waals surface area contributed by atoms with Gasteiger partial charge in [-0.3, -0.25) is 4.79 Å². The van der Waals surface area contributed by atoms with Crippen molar-refractivity contribution in [3.05, 3.63) is 58.4 Å². The monoisotopic (exact) mass is 305 g/mol.